The molecule has 4 nitrogen and oxygen atoms in total. The average molecular weight is 259 g/mol. The standard InChI is InChI=1S/C9H11BrN2O2/c1-14-9(13)6(5-11)7-3-2-4-8(10)12-7/h2-4,6H,5,11H2,1H3. The second-order valence-corrected chi connectivity index (χ2v) is 3.51. The van der Waals surface area contributed by atoms with Gasteiger partial charge in [-0.25, -0.2) is 4.98 Å². The first-order chi connectivity index (χ1) is 6.69. The van der Waals surface area contributed by atoms with Crippen molar-refractivity contribution >= 4 is 21.9 Å². The van der Waals surface area contributed by atoms with Gasteiger partial charge in [0, 0.05) is 6.54 Å². The van der Waals surface area contributed by atoms with E-state index in [1.54, 1.807) is 18.2 Å². The topological polar surface area (TPSA) is 65.2 Å². The van der Waals surface area contributed by atoms with Crippen LogP contribution in [0.1, 0.15) is 11.6 Å². The third-order valence-electron chi connectivity index (χ3n) is 1.82. The van der Waals surface area contributed by atoms with Gasteiger partial charge in [0.2, 0.25) is 0 Å². The summed E-state index contributed by atoms with van der Waals surface area (Å²) in [4.78, 5) is 15.4. The van der Waals surface area contributed by atoms with Crippen LogP contribution in [0.5, 0.6) is 0 Å². The van der Waals surface area contributed by atoms with Crippen LogP contribution in [0.15, 0.2) is 22.8 Å². The highest BCUT2D eigenvalue weighted by Gasteiger charge is 2.20. The molecule has 0 saturated heterocycles. The lowest BCUT2D eigenvalue weighted by Gasteiger charge is -2.11. The monoisotopic (exact) mass is 258 g/mol. The van der Waals surface area contributed by atoms with Crippen molar-refractivity contribution in [2.24, 2.45) is 5.73 Å². The van der Waals surface area contributed by atoms with Gasteiger partial charge in [-0.05, 0) is 28.1 Å². The minimum Gasteiger partial charge on any atom is -0.468 e. The van der Waals surface area contributed by atoms with Gasteiger partial charge in [0.1, 0.15) is 10.5 Å². The fraction of sp³-hybridized carbons (Fsp3) is 0.333. The highest BCUT2D eigenvalue weighted by molar-refractivity contribution is 9.10. The molecule has 0 aliphatic carbocycles. The molecule has 0 fully saturated rings. The smallest absolute Gasteiger partial charge is 0.316 e. The Hall–Kier alpha value is -0.940. The van der Waals surface area contributed by atoms with Crippen molar-refractivity contribution in [3.63, 3.8) is 0 Å². The molecule has 1 heterocycles. The Bertz CT molecular complexity index is 330. The van der Waals surface area contributed by atoms with Crippen LogP contribution >= 0.6 is 15.9 Å². The molecule has 1 aromatic heterocycles. The SMILES string of the molecule is COC(=O)C(CN)c1cccc(Br)n1. The fourth-order valence-electron chi connectivity index (χ4n) is 1.10. The minimum absolute atomic E-state index is 0.191. The number of carbonyl (C=O) groups is 1. The number of rotatable bonds is 3. The van der Waals surface area contributed by atoms with Gasteiger partial charge in [-0.2, -0.15) is 0 Å². The number of carbonyl (C=O) groups excluding carboxylic acids is 1. The molecule has 0 radical (unpaired) electrons. The van der Waals surface area contributed by atoms with Gasteiger partial charge in [0.05, 0.1) is 12.8 Å². The summed E-state index contributed by atoms with van der Waals surface area (Å²) < 4.78 is 5.30. The molecular formula is C9H11BrN2O2. The maximum atomic E-state index is 11.3. The lowest BCUT2D eigenvalue weighted by atomic mass is 10.1. The van der Waals surface area contributed by atoms with E-state index in [2.05, 4.69) is 25.7 Å². The van der Waals surface area contributed by atoms with Gasteiger partial charge in [-0.15, -0.1) is 0 Å². The van der Waals surface area contributed by atoms with Crippen LogP contribution in [0.4, 0.5) is 0 Å². The van der Waals surface area contributed by atoms with Gasteiger partial charge >= 0.3 is 5.97 Å². The van der Waals surface area contributed by atoms with Gasteiger partial charge in [-0.1, -0.05) is 6.07 Å². The summed E-state index contributed by atoms with van der Waals surface area (Å²) >= 11 is 3.23. The zero-order valence-electron chi connectivity index (χ0n) is 7.74. The van der Waals surface area contributed by atoms with Crippen molar-refractivity contribution in [1.82, 2.24) is 4.98 Å². The Kier molecular flexibility index (Phi) is 4.03. The van der Waals surface area contributed by atoms with E-state index >= 15 is 0 Å². The van der Waals surface area contributed by atoms with E-state index in [1.165, 1.54) is 7.11 Å². The van der Waals surface area contributed by atoms with Crippen molar-refractivity contribution in [2.45, 2.75) is 5.92 Å². The van der Waals surface area contributed by atoms with Crippen molar-refractivity contribution < 1.29 is 9.53 Å². The van der Waals surface area contributed by atoms with Gasteiger partial charge in [-0.3, -0.25) is 4.79 Å². The van der Waals surface area contributed by atoms with Gasteiger partial charge in [0.25, 0.3) is 0 Å². The molecule has 1 rings (SSSR count). The number of halogens is 1. The number of nitrogens with two attached hydrogens (primary N) is 1. The van der Waals surface area contributed by atoms with Crippen molar-refractivity contribution in [3.8, 4) is 0 Å². The first-order valence-corrected chi connectivity index (χ1v) is 4.88. The molecule has 0 saturated carbocycles. The third kappa shape index (κ3) is 2.52. The number of methoxy groups -OCH3 is 1. The van der Waals surface area contributed by atoms with Crippen LogP contribution in [0.2, 0.25) is 0 Å². The molecule has 1 unspecified atom stereocenters. The van der Waals surface area contributed by atoms with Gasteiger partial charge < -0.3 is 10.5 Å². The molecule has 0 aromatic carbocycles. The van der Waals surface area contributed by atoms with Crippen molar-refractivity contribution in [1.29, 1.82) is 0 Å². The summed E-state index contributed by atoms with van der Waals surface area (Å²) in [5.74, 6) is -0.851. The quantitative estimate of drug-likeness (QED) is 0.651. The highest BCUT2D eigenvalue weighted by Crippen LogP contribution is 2.16. The predicted octanol–water partition coefficient (Wildman–Crippen LogP) is 1.06. The molecule has 0 aliphatic heterocycles. The average Bonchev–Trinajstić information content (AvgIpc) is 2.19. The van der Waals surface area contributed by atoms with E-state index in [0.717, 1.165) is 0 Å². The fourth-order valence-corrected chi connectivity index (χ4v) is 1.46. The lowest BCUT2D eigenvalue weighted by molar-refractivity contribution is -0.142. The number of hydrogen-bond acceptors (Lipinski definition) is 4. The number of aromatic nitrogens is 1. The molecular weight excluding hydrogens is 248 g/mol. The van der Waals surface area contributed by atoms with E-state index < -0.39 is 5.92 Å². The van der Waals surface area contributed by atoms with Crippen molar-refractivity contribution in [3.05, 3.63) is 28.5 Å². The Balaban J connectivity index is 2.94. The van der Waals surface area contributed by atoms with E-state index in [0.29, 0.717) is 10.3 Å². The van der Waals surface area contributed by atoms with E-state index in [4.69, 9.17) is 5.73 Å². The molecule has 0 bridgehead atoms. The predicted molar refractivity (Wildman–Crippen MR) is 55.7 cm³/mol. The minimum atomic E-state index is -0.488. The second-order valence-electron chi connectivity index (χ2n) is 2.70. The number of nitrogens with zero attached hydrogens (tertiary/aromatic N) is 1. The van der Waals surface area contributed by atoms with E-state index in [-0.39, 0.29) is 12.5 Å². The molecule has 0 aliphatic rings. The molecule has 1 aromatic rings. The second kappa shape index (κ2) is 5.07. The van der Waals surface area contributed by atoms with Crippen LogP contribution < -0.4 is 5.73 Å². The molecule has 76 valence electrons. The first-order valence-electron chi connectivity index (χ1n) is 4.09. The van der Waals surface area contributed by atoms with Crippen molar-refractivity contribution in [2.75, 3.05) is 13.7 Å². The molecule has 14 heavy (non-hydrogen) atoms. The number of hydrogen-bond donors (Lipinski definition) is 1. The van der Waals surface area contributed by atoms with Crippen LogP contribution in [-0.2, 0) is 9.53 Å². The molecule has 0 spiro atoms. The Morgan fingerprint density at radius 3 is 2.93 bits per heavy atom. The summed E-state index contributed by atoms with van der Waals surface area (Å²) in [7, 11) is 1.34. The normalized spacial score (nSPS) is 12.2. The first kappa shape index (κ1) is 11.1. The molecule has 0 amide bonds. The van der Waals surface area contributed by atoms with Crippen LogP contribution in [0.3, 0.4) is 0 Å². The Morgan fingerprint density at radius 2 is 2.43 bits per heavy atom. The van der Waals surface area contributed by atoms with E-state index in [9.17, 15) is 4.79 Å². The number of ether oxygens (including phenoxy) is 1. The third-order valence-corrected chi connectivity index (χ3v) is 2.26. The summed E-state index contributed by atoms with van der Waals surface area (Å²) in [6.07, 6.45) is 0. The maximum Gasteiger partial charge on any atom is 0.316 e. The Labute approximate surface area is 90.6 Å². The lowest BCUT2D eigenvalue weighted by Crippen LogP contribution is -2.23. The summed E-state index contributed by atoms with van der Waals surface area (Å²) in [6, 6.07) is 5.34. The van der Waals surface area contributed by atoms with Crippen LogP contribution in [0, 0.1) is 0 Å². The highest BCUT2D eigenvalue weighted by atomic mass is 79.9. The largest absolute Gasteiger partial charge is 0.468 e. The molecule has 5 heteroatoms. The molecule has 2 N–H and O–H groups in total. The van der Waals surface area contributed by atoms with Crippen LogP contribution in [0.25, 0.3) is 0 Å². The summed E-state index contributed by atoms with van der Waals surface area (Å²) in [5, 5.41) is 0. The molecule has 1 atom stereocenters. The zero-order valence-corrected chi connectivity index (χ0v) is 9.32. The summed E-state index contributed by atoms with van der Waals surface area (Å²) in [5.41, 5.74) is 6.09. The number of pyridine rings is 1. The zero-order chi connectivity index (χ0) is 10.6. The van der Waals surface area contributed by atoms with Gasteiger partial charge in [0.15, 0.2) is 0 Å². The summed E-state index contributed by atoms with van der Waals surface area (Å²) in [6.45, 7) is 0.191. The van der Waals surface area contributed by atoms with E-state index in [1.807, 2.05) is 0 Å². The number of esters is 1. The van der Waals surface area contributed by atoms with Crippen LogP contribution in [-0.4, -0.2) is 24.6 Å². The Morgan fingerprint density at radius 1 is 1.71 bits per heavy atom. The maximum absolute atomic E-state index is 11.3.